The van der Waals surface area contributed by atoms with Gasteiger partial charge in [0.15, 0.2) is 0 Å². The zero-order valence-corrected chi connectivity index (χ0v) is 13.6. The van der Waals surface area contributed by atoms with Crippen LogP contribution in [0.25, 0.3) is 0 Å². The van der Waals surface area contributed by atoms with E-state index in [0.29, 0.717) is 10.6 Å². The number of thiazole rings is 1. The minimum Gasteiger partial charge on any atom is -0.480 e. The van der Waals surface area contributed by atoms with E-state index in [2.05, 4.69) is 10.3 Å². The van der Waals surface area contributed by atoms with Gasteiger partial charge in [-0.05, 0) is 12.8 Å². The highest BCUT2D eigenvalue weighted by Crippen LogP contribution is 2.29. The Balaban J connectivity index is 2.98. The molecule has 0 saturated heterocycles. The number of aromatic nitrogens is 1. The van der Waals surface area contributed by atoms with Crippen molar-refractivity contribution in [3.8, 4) is 0 Å². The molecule has 112 valence electrons. The second-order valence-corrected chi connectivity index (χ2v) is 7.22. The van der Waals surface area contributed by atoms with Crippen LogP contribution >= 0.6 is 11.3 Å². The molecule has 1 aromatic heterocycles. The third-order valence-corrected chi connectivity index (χ3v) is 4.45. The lowest BCUT2D eigenvalue weighted by molar-refractivity contribution is -0.140. The van der Waals surface area contributed by atoms with E-state index in [1.54, 1.807) is 20.8 Å². The van der Waals surface area contributed by atoms with E-state index >= 15 is 0 Å². The molecule has 0 aliphatic rings. The van der Waals surface area contributed by atoms with Gasteiger partial charge in [0.05, 0.1) is 10.7 Å². The topological polar surface area (TPSA) is 79.3 Å². The van der Waals surface area contributed by atoms with Gasteiger partial charge in [-0.15, -0.1) is 11.3 Å². The van der Waals surface area contributed by atoms with Crippen molar-refractivity contribution in [1.29, 1.82) is 0 Å². The smallest absolute Gasteiger partial charge is 0.326 e. The molecule has 1 heterocycles. The van der Waals surface area contributed by atoms with Crippen LogP contribution in [0.4, 0.5) is 0 Å². The number of carboxylic acid groups (broad SMARTS) is 1. The van der Waals surface area contributed by atoms with Crippen molar-refractivity contribution >= 4 is 23.2 Å². The van der Waals surface area contributed by atoms with E-state index in [1.165, 1.54) is 11.3 Å². The maximum Gasteiger partial charge on any atom is 0.326 e. The van der Waals surface area contributed by atoms with Gasteiger partial charge in [0.25, 0.3) is 5.91 Å². The zero-order chi connectivity index (χ0) is 15.7. The molecule has 20 heavy (non-hydrogen) atoms. The van der Waals surface area contributed by atoms with Gasteiger partial charge < -0.3 is 10.4 Å². The molecule has 0 unspecified atom stereocenters. The fraction of sp³-hybridized carbons (Fsp3) is 0.643. The van der Waals surface area contributed by atoms with Gasteiger partial charge in [0, 0.05) is 5.41 Å². The molecule has 1 rings (SSSR count). The van der Waals surface area contributed by atoms with E-state index in [-0.39, 0.29) is 17.2 Å². The molecule has 0 fully saturated rings. The first-order valence-corrected chi connectivity index (χ1v) is 7.37. The lowest BCUT2D eigenvalue weighted by atomic mass is 9.98. The molecule has 0 saturated carbocycles. The summed E-state index contributed by atoms with van der Waals surface area (Å²) in [4.78, 5) is 28.2. The Hall–Kier alpha value is -1.43. The molecule has 0 aliphatic heterocycles. The Morgan fingerprint density at radius 3 is 2.20 bits per heavy atom. The SMILES string of the molecule is Cc1nc(C(C)(C)C)sc1C(=O)N[C@H](C(=O)O)C(C)C. The monoisotopic (exact) mass is 298 g/mol. The Morgan fingerprint density at radius 1 is 1.30 bits per heavy atom. The average molecular weight is 298 g/mol. The molecule has 0 bridgehead atoms. The average Bonchev–Trinajstić information content (AvgIpc) is 2.66. The van der Waals surface area contributed by atoms with Crippen LogP contribution in [0, 0.1) is 12.8 Å². The molecule has 6 heteroatoms. The number of hydrogen-bond acceptors (Lipinski definition) is 4. The molecule has 1 amide bonds. The molecular formula is C14H22N2O3S. The number of carbonyl (C=O) groups is 2. The number of amides is 1. The third-order valence-electron chi connectivity index (χ3n) is 2.86. The molecule has 0 aliphatic carbocycles. The predicted octanol–water partition coefficient (Wildman–Crippen LogP) is 2.59. The van der Waals surface area contributed by atoms with E-state index in [1.807, 2.05) is 20.8 Å². The fourth-order valence-electron chi connectivity index (χ4n) is 1.65. The Morgan fingerprint density at radius 2 is 1.85 bits per heavy atom. The summed E-state index contributed by atoms with van der Waals surface area (Å²) in [5.41, 5.74) is 0.517. The van der Waals surface area contributed by atoms with Gasteiger partial charge in [-0.1, -0.05) is 34.6 Å². The summed E-state index contributed by atoms with van der Waals surface area (Å²) in [7, 11) is 0. The van der Waals surface area contributed by atoms with Crippen LogP contribution in [0.3, 0.4) is 0 Å². The molecule has 0 aromatic carbocycles. The highest BCUT2D eigenvalue weighted by atomic mass is 32.1. The van der Waals surface area contributed by atoms with Crippen molar-refractivity contribution in [2.75, 3.05) is 0 Å². The van der Waals surface area contributed by atoms with Crippen molar-refractivity contribution in [3.05, 3.63) is 15.6 Å². The maximum atomic E-state index is 12.2. The number of hydrogen-bond donors (Lipinski definition) is 2. The summed E-state index contributed by atoms with van der Waals surface area (Å²) in [5.74, 6) is -1.56. The Labute approximate surface area is 123 Å². The number of aryl methyl sites for hydroxylation is 1. The standard InChI is InChI=1S/C14H22N2O3S/c1-7(2)9(12(18)19)16-11(17)10-8(3)15-13(20-10)14(4,5)6/h7,9H,1-6H3,(H,16,17)(H,18,19)/t9-/m0/s1. The van der Waals surface area contributed by atoms with E-state index < -0.39 is 12.0 Å². The summed E-state index contributed by atoms with van der Waals surface area (Å²) in [5, 5.41) is 12.6. The van der Waals surface area contributed by atoms with Crippen molar-refractivity contribution in [3.63, 3.8) is 0 Å². The van der Waals surface area contributed by atoms with Crippen LogP contribution in [0.1, 0.15) is 55.0 Å². The lowest BCUT2D eigenvalue weighted by Gasteiger charge is -2.17. The number of aliphatic carboxylic acids is 1. The van der Waals surface area contributed by atoms with E-state index in [4.69, 9.17) is 5.11 Å². The molecule has 0 spiro atoms. The molecule has 2 N–H and O–H groups in total. The quantitative estimate of drug-likeness (QED) is 0.895. The number of nitrogens with zero attached hydrogens (tertiary/aromatic N) is 1. The second kappa shape index (κ2) is 5.91. The number of nitrogens with one attached hydrogen (secondary N) is 1. The van der Waals surface area contributed by atoms with Crippen molar-refractivity contribution in [1.82, 2.24) is 10.3 Å². The summed E-state index contributed by atoms with van der Waals surface area (Å²) < 4.78 is 0. The van der Waals surface area contributed by atoms with E-state index in [9.17, 15) is 9.59 Å². The molecular weight excluding hydrogens is 276 g/mol. The highest BCUT2D eigenvalue weighted by Gasteiger charge is 2.27. The first kappa shape index (κ1) is 16.6. The number of carbonyl (C=O) groups excluding carboxylic acids is 1. The van der Waals surface area contributed by atoms with Crippen molar-refractivity contribution in [2.45, 2.75) is 53.0 Å². The largest absolute Gasteiger partial charge is 0.480 e. The predicted molar refractivity (Wildman–Crippen MR) is 79.3 cm³/mol. The zero-order valence-electron chi connectivity index (χ0n) is 12.8. The molecule has 0 radical (unpaired) electrons. The lowest BCUT2D eigenvalue weighted by Crippen LogP contribution is -2.44. The highest BCUT2D eigenvalue weighted by molar-refractivity contribution is 7.14. The van der Waals surface area contributed by atoms with Gasteiger partial charge in [0.2, 0.25) is 0 Å². The molecule has 1 atom stereocenters. The van der Waals surface area contributed by atoms with Crippen molar-refractivity contribution < 1.29 is 14.7 Å². The van der Waals surface area contributed by atoms with Crippen LogP contribution in [0.15, 0.2) is 0 Å². The summed E-state index contributed by atoms with van der Waals surface area (Å²) >= 11 is 1.32. The molecule has 1 aromatic rings. The molecule has 5 nitrogen and oxygen atoms in total. The first-order chi connectivity index (χ1) is 9.04. The van der Waals surface area contributed by atoms with Crippen LogP contribution < -0.4 is 5.32 Å². The fourth-order valence-corrected chi connectivity index (χ4v) is 2.68. The van der Waals surface area contributed by atoms with Crippen LogP contribution in [0.5, 0.6) is 0 Å². The summed E-state index contributed by atoms with van der Waals surface area (Å²) in [6.07, 6.45) is 0. The van der Waals surface area contributed by atoms with Gasteiger partial charge in [0.1, 0.15) is 10.9 Å². The first-order valence-electron chi connectivity index (χ1n) is 6.55. The van der Waals surface area contributed by atoms with Crippen LogP contribution in [-0.2, 0) is 10.2 Å². The van der Waals surface area contributed by atoms with Gasteiger partial charge in [-0.2, -0.15) is 0 Å². The maximum absolute atomic E-state index is 12.2. The summed E-state index contributed by atoms with van der Waals surface area (Å²) in [6, 6.07) is -0.887. The van der Waals surface area contributed by atoms with Crippen LogP contribution in [-0.4, -0.2) is 28.0 Å². The normalized spacial score (nSPS) is 13.3. The third kappa shape index (κ3) is 3.79. The van der Waals surface area contributed by atoms with Gasteiger partial charge in [-0.3, -0.25) is 4.79 Å². The summed E-state index contributed by atoms with van der Waals surface area (Å²) in [6.45, 7) is 11.4. The second-order valence-electron chi connectivity index (χ2n) is 6.22. The van der Waals surface area contributed by atoms with Gasteiger partial charge >= 0.3 is 5.97 Å². The number of rotatable bonds is 4. The minimum absolute atomic E-state index is 0.127. The Bertz CT molecular complexity index is 515. The van der Waals surface area contributed by atoms with Crippen molar-refractivity contribution in [2.24, 2.45) is 5.92 Å². The van der Waals surface area contributed by atoms with E-state index in [0.717, 1.165) is 5.01 Å². The minimum atomic E-state index is -1.02. The van der Waals surface area contributed by atoms with Gasteiger partial charge in [-0.25, -0.2) is 9.78 Å². The Kier molecular flexibility index (Phi) is 4.91. The number of carboxylic acids is 1. The van der Waals surface area contributed by atoms with Crippen LogP contribution in [0.2, 0.25) is 0 Å².